The van der Waals surface area contributed by atoms with Gasteiger partial charge in [-0.25, -0.2) is 8.42 Å². The summed E-state index contributed by atoms with van der Waals surface area (Å²) in [4.78, 5) is 0. The first-order valence-electron chi connectivity index (χ1n) is 5.43. The van der Waals surface area contributed by atoms with Crippen LogP contribution in [0.15, 0.2) is 36.9 Å². The Morgan fingerprint density at radius 1 is 1.41 bits per heavy atom. The van der Waals surface area contributed by atoms with Crippen LogP contribution >= 0.6 is 0 Å². The quantitative estimate of drug-likeness (QED) is 0.619. The van der Waals surface area contributed by atoms with Gasteiger partial charge in [-0.05, 0) is 11.6 Å². The van der Waals surface area contributed by atoms with Crippen LogP contribution < -0.4 is 5.73 Å². The third-order valence-corrected chi connectivity index (χ3v) is 4.34. The summed E-state index contributed by atoms with van der Waals surface area (Å²) in [7, 11) is -3.33. The van der Waals surface area contributed by atoms with E-state index in [4.69, 9.17) is 5.73 Å². The molecule has 0 fully saturated rings. The summed E-state index contributed by atoms with van der Waals surface area (Å²) in [6, 6.07) is 7.00. The van der Waals surface area contributed by atoms with E-state index in [-0.39, 0.29) is 5.75 Å². The van der Waals surface area contributed by atoms with Crippen LogP contribution in [-0.2, 0) is 15.8 Å². The molecule has 0 aliphatic rings. The van der Waals surface area contributed by atoms with Crippen molar-refractivity contribution in [1.82, 2.24) is 4.31 Å². The maximum Gasteiger partial charge on any atom is 0.218 e. The second-order valence-corrected chi connectivity index (χ2v) is 5.66. The molecule has 0 aliphatic heterocycles. The highest BCUT2D eigenvalue weighted by atomic mass is 32.2. The van der Waals surface area contributed by atoms with Crippen LogP contribution in [0.25, 0.3) is 0 Å². The van der Waals surface area contributed by atoms with E-state index in [1.165, 1.54) is 4.31 Å². The van der Waals surface area contributed by atoms with Crippen molar-refractivity contribution in [3.63, 3.8) is 0 Å². The Bertz CT molecular complexity index is 483. The number of hydrogen-bond donors (Lipinski definition) is 1. The molecular weight excluding hydrogens is 236 g/mol. The molecule has 0 radical (unpaired) electrons. The topological polar surface area (TPSA) is 63.4 Å². The lowest BCUT2D eigenvalue weighted by molar-refractivity contribution is 0.459. The fourth-order valence-electron chi connectivity index (χ4n) is 1.54. The van der Waals surface area contributed by atoms with Crippen molar-refractivity contribution in [1.29, 1.82) is 0 Å². The number of sulfonamides is 1. The zero-order valence-electron chi connectivity index (χ0n) is 9.96. The summed E-state index contributed by atoms with van der Waals surface area (Å²) >= 11 is 0. The van der Waals surface area contributed by atoms with Crippen LogP contribution in [0.2, 0.25) is 0 Å². The summed E-state index contributed by atoms with van der Waals surface area (Å²) in [6.07, 6.45) is 1.58. The Hall–Kier alpha value is -1.33. The Kier molecular flexibility index (Phi) is 4.72. The number of para-hydroxylation sites is 1. The summed E-state index contributed by atoms with van der Waals surface area (Å²) in [5, 5.41) is 0. The molecule has 4 nitrogen and oxygen atoms in total. The van der Waals surface area contributed by atoms with E-state index < -0.39 is 10.0 Å². The third-order valence-electron chi connectivity index (χ3n) is 2.47. The van der Waals surface area contributed by atoms with Crippen LogP contribution in [0.4, 0.5) is 5.69 Å². The summed E-state index contributed by atoms with van der Waals surface area (Å²) in [5.41, 5.74) is 6.88. The molecule has 0 aromatic heterocycles. The van der Waals surface area contributed by atoms with Gasteiger partial charge in [0.15, 0.2) is 0 Å². The first kappa shape index (κ1) is 13.7. The van der Waals surface area contributed by atoms with Crippen molar-refractivity contribution in [3.05, 3.63) is 42.5 Å². The van der Waals surface area contributed by atoms with Crippen molar-refractivity contribution in [2.24, 2.45) is 0 Å². The molecule has 0 aliphatic carbocycles. The molecule has 0 spiro atoms. The molecule has 17 heavy (non-hydrogen) atoms. The molecular formula is C12H18N2O2S. The fourth-order valence-corrected chi connectivity index (χ4v) is 3.10. The average molecular weight is 254 g/mol. The van der Waals surface area contributed by atoms with Gasteiger partial charge in [0.1, 0.15) is 0 Å². The van der Waals surface area contributed by atoms with Crippen molar-refractivity contribution in [3.8, 4) is 0 Å². The van der Waals surface area contributed by atoms with Crippen molar-refractivity contribution in [2.75, 3.05) is 18.8 Å². The SMILES string of the molecule is C=CCN(CC)S(=O)(=O)Cc1ccccc1N. The number of rotatable bonds is 6. The zero-order chi connectivity index (χ0) is 12.9. The van der Waals surface area contributed by atoms with Crippen LogP contribution in [0.3, 0.4) is 0 Å². The smallest absolute Gasteiger partial charge is 0.218 e. The standard InChI is InChI=1S/C12H18N2O2S/c1-3-9-14(4-2)17(15,16)10-11-7-5-6-8-12(11)13/h3,5-8H,1,4,9-10,13H2,2H3. The van der Waals surface area contributed by atoms with Gasteiger partial charge in [-0.2, -0.15) is 4.31 Å². The van der Waals surface area contributed by atoms with Crippen molar-refractivity contribution >= 4 is 15.7 Å². The predicted octanol–water partition coefficient (Wildman–Crippen LogP) is 1.61. The van der Waals surface area contributed by atoms with Crippen LogP contribution in [-0.4, -0.2) is 25.8 Å². The molecule has 0 saturated heterocycles. The van der Waals surface area contributed by atoms with E-state index in [1.54, 1.807) is 37.3 Å². The number of nitrogens with zero attached hydrogens (tertiary/aromatic N) is 1. The summed E-state index contributed by atoms with van der Waals surface area (Å²) in [6.45, 7) is 6.11. The van der Waals surface area contributed by atoms with E-state index in [0.29, 0.717) is 24.3 Å². The first-order chi connectivity index (χ1) is 8.01. The van der Waals surface area contributed by atoms with Gasteiger partial charge < -0.3 is 5.73 Å². The Labute approximate surface area is 103 Å². The normalized spacial score (nSPS) is 11.6. The predicted molar refractivity (Wildman–Crippen MR) is 70.9 cm³/mol. The maximum absolute atomic E-state index is 12.1. The molecule has 0 bridgehead atoms. The molecule has 2 N–H and O–H groups in total. The number of hydrogen-bond acceptors (Lipinski definition) is 3. The number of benzene rings is 1. The molecule has 1 rings (SSSR count). The van der Waals surface area contributed by atoms with Crippen LogP contribution in [0.5, 0.6) is 0 Å². The van der Waals surface area contributed by atoms with Gasteiger partial charge in [-0.3, -0.25) is 0 Å². The highest BCUT2D eigenvalue weighted by Crippen LogP contribution is 2.16. The second kappa shape index (κ2) is 5.84. The van der Waals surface area contributed by atoms with Crippen molar-refractivity contribution in [2.45, 2.75) is 12.7 Å². The van der Waals surface area contributed by atoms with Crippen LogP contribution in [0, 0.1) is 0 Å². The van der Waals surface area contributed by atoms with Gasteiger partial charge in [0.2, 0.25) is 10.0 Å². The lowest BCUT2D eigenvalue weighted by Gasteiger charge is -2.19. The average Bonchev–Trinajstić information content (AvgIpc) is 2.28. The lowest BCUT2D eigenvalue weighted by Crippen LogP contribution is -2.32. The van der Waals surface area contributed by atoms with E-state index >= 15 is 0 Å². The van der Waals surface area contributed by atoms with E-state index in [2.05, 4.69) is 6.58 Å². The van der Waals surface area contributed by atoms with Crippen LogP contribution in [0.1, 0.15) is 12.5 Å². The zero-order valence-corrected chi connectivity index (χ0v) is 10.8. The molecule has 0 amide bonds. The molecule has 5 heteroatoms. The highest BCUT2D eigenvalue weighted by molar-refractivity contribution is 7.88. The van der Waals surface area contributed by atoms with Gasteiger partial charge >= 0.3 is 0 Å². The minimum Gasteiger partial charge on any atom is -0.398 e. The van der Waals surface area contributed by atoms with E-state index in [1.807, 2.05) is 0 Å². The minimum atomic E-state index is -3.33. The van der Waals surface area contributed by atoms with Gasteiger partial charge in [0.05, 0.1) is 5.75 Å². The first-order valence-corrected chi connectivity index (χ1v) is 7.04. The molecule has 0 saturated carbocycles. The fraction of sp³-hybridized carbons (Fsp3) is 0.333. The molecule has 0 unspecified atom stereocenters. The monoisotopic (exact) mass is 254 g/mol. The van der Waals surface area contributed by atoms with Gasteiger partial charge in [0.25, 0.3) is 0 Å². The highest BCUT2D eigenvalue weighted by Gasteiger charge is 2.20. The van der Waals surface area contributed by atoms with E-state index in [0.717, 1.165) is 0 Å². The Balaban J connectivity index is 2.93. The molecule has 0 heterocycles. The molecule has 0 atom stereocenters. The second-order valence-electron chi connectivity index (χ2n) is 3.69. The number of nitrogens with two attached hydrogens (primary N) is 1. The van der Waals surface area contributed by atoms with Gasteiger partial charge in [-0.1, -0.05) is 31.2 Å². The van der Waals surface area contributed by atoms with E-state index in [9.17, 15) is 8.42 Å². The number of nitrogen functional groups attached to an aromatic ring is 1. The third kappa shape index (κ3) is 3.57. The Morgan fingerprint density at radius 2 is 2.06 bits per heavy atom. The van der Waals surface area contributed by atoms with Gasteiger partial charge in [-0.15, -0.1) is 6.58 Å². The number of likely N-dealkylation sites (N-methyl/N-ethyl adjacent to an activating group) is 1. The molecule has 94 valence electrons. The minimum absolute atomic E-state index is 0.0681. The summed E-state index contributed by atoms with van der Waals surface area (Å²) in [5.74, 6) is -0.0681. The number of anilines is 1. The molecule has 1 aromatic rings. The lowest BCUT2D eigenvalue weighted by atomic mass is 10.2. The van der Waals surface area contributed by atoms with Crippen molar-refractivity contribution < 1.29 is 8.42 Å². The maximum atomic E-state index is 12.1. The molecule has 1 aromatic carbocycles. The van der Waals surface area contributed by atoms with Gasteiger partial charge in [0, 0.05) is 18.8 Å². The summed E-state index contributed by atoms with van der Waals surface area (Å²) < 4.78 is 25.6. The Morgan fingerprint density at radius 3 is 2.59 bits per heavy atom. The largest absolute Gasteiger partial charge is 0.398 e.